The Labute approximate surface area is 233 Å². The summed E-state index contributed by atoms with van der Waals surface area (Å²) in [4.78, 5) is 2.05. The average Bonchev–Trinajstić information content (AvgIpc) is 3.40. The number of fused-ring (bicyclic) bond motifs is 1. The number of nitrogens with zero attached hydrogens (tertiary/aromatic N) is 1. The van der Waals surface area contributed by atoms with E-state index in [1.165, 1.54) is 6.42 Å². The summed E-state index contributed by atoms with van der Waals surface area (Å²) >= 11 is 0. The van der Waals surface area contributed by atoms with E-state index in [2.05, 4.69) is 26.1 Å². The molecule has 1 heterocycles. The standard InChI is InChI=1S/C32H41N2O4P/c1-22(2)28-17-11-23(3)19-30(28)38-39(35,27-15-13-26(14-16-27)34(4)5)32(33-25-9-7-6-8-10-25)24-12-18-29-31(20-24)37-21-36-29/h6-10,12-16,18,20,22-23,28,30,32-33H,11,17,19,21H2,1-5H3/t23-,28-,30+,32-,39-/m0/s1. The van der Waals surface area contributed by atoms with Crippen LogP contribution < -0.4 is 25.0 Å². The Morgan fingerprint density at radius 3 is 2.36 bits per heavy atom. The number of hydrogen-bond donors (Lipinski definition) is 1. The van der Waals surface area contributed by atoms with Gasteiger partial charge in [-0.25, -0.2) is 0 Å². The lowest BCUT2D eigenvalue weighted by atomic mass is 9.75. The van der Waals surface area contributed by atoms with Crippen LogP contribution in [0.15, 0.2) is 72.8 Å². The van der Waals surface area contributed by atoms with Crippen molar-refractivity contribution in [3.8, 4) is 11.5 Å². The molecule has 0 spiro atoms. The lowest BCUT2D eigenvalue weighted by Gasteiger charge is -2.41. The van der Waals surface area contributed by atoms with Gasteiger partial charge in [-0.1, -0.05) is 51.5 Å². The number of ether oxygens (including phenoxy) is 2. The first-order chi connectivity index (χ1) is 18.7. The third-order valence-electron chi connectivity index (χ3n) is 8.11. The van der Waals surface area contributed by atoms with Crippen molar-refractivity contribution in [2.24, 2.45) is 17.8 Å². The van der Waals surface area contributed by atoms with E-state index >= 15 is 4.57 Å². The lowest BCUT2D eigenvalue weighted by Crippen LogP contribution is -2.35. The first-order valence-corrected chi connectivity index (χ1v) is 15.7. The highest BCUT2D eigenvalue weighted by Crippen LogP contribution is 2.62. The van der Waals surface area contributed by atoms with Gasteiger partial charge in [-0.15, -0.1) is 0 Å². The van der Waals surface area contributed by atoms with E-state index in [1.54, 1.807) is 0 Å². The maximum absolute atomic E-state index is 15.7. The van der Waals surface area contributed by atoms with E-state index in [1.807, 2.05) is 91.8 Å². The maximum Gasteiger partial charge on any atom is 0.258 e. The Balaban J connectivity index is 1.64. The van der Waals surface area contributed by atoms with E-state index in [-0.39, 0.29) is 12.9 Å². The first kappa shape index (κ1) is 27.6. The van der Waals surface area contributed by atoms with Gasteiger partial charge >= 0.3 is 0 Å². The van der Waals surface area contributed by atoms with Crippen molar-refractivity contribution in [1.82, 2.24) is 0 Å². The molecule has 0 radical (unpaired) electrons. The molecule has 0 unspecified atom stereocenters. The fraction of sp³-hybridized carbons (Fsp3) is 0.438. The number of benzene rings is 3. The zero-order valence-electron chi connectivity index (χ0n) is 23.7. The van der Waals surface area contributed by atoms with Gasteiger partial charge < -0.3 is 24.2 Å². The molecular formula is C32H41N2O4P. The van der Waals surface area contributed by atoms with Crippen LogP contribution in [0.3, 0.4) is 0 Å². The molecule has 0 saturated heterocycles. The summed E-state index contributed by atoms with van der Waals surface area (Å²) < 4.78 is 34.0. The Kier molecular flexibility index (Phi) is 8.25. The largest absolute Gasteiger partial charge is 0.454 e. The van der Waals surface area contributed by atoms with Gasteiger partial charge in [0.15, 0.2) is 11.5 Å². The summed E-state index contributed by atoms with van der Waals surface area (Å²) in [6, 6.07) is 23.7. The van der Waals surface area contributed by atoms with Crippen LogP contribution in [-0.4, -0.2) is 27.0 Å². The monoisotopic (exact) mass is 548 g/mol. The molecule has 1 aliphatic heterocycles. The number of rotatable bonds is 9. The molecule has 5 rings (SSSR count). The summed E-state index contributed by atoms with van der Waals surface area (Å²) in [7, 11) is 0.474. The third-order valence-corrected chi connectivity index (χ3v) is 10.8. The van der Waals surface area contributed by atoms with Crippen LogP contribution in [0.5, 0.6) is 11.5 Å². The molecule has 1 N–H and O–H groups in total. The Morgan fingerprint density at radius 1 is 0.949 bits per heavy atom. The molecular weight excluding hydrogens is 507 g/mol. The molecule has 7 heteroatoms. The zero-order valence-corrected chi connectivity index (χ0v) is 24.6. The van der Waals surface area contributed by atoms with Crippen LogP contribution in [-0.2, 0) is 9.09 Å². The topological polar surface area (TPSA) is 60.0 Å². The molecule has 0 bridgehead atoms. The van der Waals surface area contributed by atoms with Gasteiger partial charge in [-0.05, 0) is 84.7 Å². The van der Waals surface area contributed by atoms with E-state index < -0.39 is 13.2 Å². The Hall–Kier alpha value is -2.95. The third kappa shape index (κ3) is 5.97. The fourth-order valence-electron chi connectivity index (χ4n) is 5.81. The lowest BCUT2D eigenvalue weighted by molar-refractivity contribution is 0.0489. The highest BCUT2D eigenvalue weighted by molar-refractivity contribution is 7.67. The van der Waals surface area contributed by atoms with Crippen molar-refractivity contribution in [2.45, 2.75) is 51.9 Å². The predicted molar refractivity (Wildman–Crippen MR) is 160 cm³/mol. The summed E-state index contributed by atoms with van der Waals surface area (Å²) in [5.74, 6) is 2.06. The second-order valence-electron chi connectivity index (χ2n) is 11.5. The van der Waals surface area contributed by atoms with Gasteiger partial charge in [0.1, 0.15) is 5.78 Å². The first-order valence-electron chi connectivity index (χ1n) is 14.0. The van der Waals surface area contributed by atoms with E-state index in [9.17, 15) is 0 Å². The van der Waals surface area contributed by atoms with Crippen LogP contribution in [0.1, 0.15) is 51.4 Å². The van der Waals surface area contributed by atoms with Crippen molar-refractivity contribution in [1.29, 1.82) is 0 Å². The van der Waals surface area contributed by atoms with E-state index in [0.717, 1.165) is 29.8 Å². The highest BCUT2D eigenvalue weighted by Gasteiger charge is 2.44. The van der Waals surface area contributed by atoms with Gasteiger partial charge in [0.2, 0.25) is 6.79 Å². The van der Waals surface area contributed by atoms with Gasteiger partial charge in [0, 0.05) is 30.8 Å². The number of para-hydroxylation sites is 1. The molecule has 3 aromatic carbocycles. The summed E-state index contributed by atoms with van der Waals surface area (Å²) in [5.41, 5.74) is 2.77. The van der Waals surface area contributed by atoms with Crippen molar-refractivity contribution in [2.75, 3.05) is 31.1 Å². The summed E-state index contributed by atoms with van der Waals surface area (Å²) in [6.07, 6.45) is 3.08. The van der Waals surface area contributed by atoms with Gasteiger partial charge in [-0.2, -0.15) is 0 Å². The molecule has 0 amide bonds. The van der Waals surface area contributed by atoms with Crippen LogP contribution in [0.2, 0.25) is 0 Å². The minimum atomic E-state index is -3.54. The van der Waals surface area contributed by atoms with Crippen molar-refractivity contribution in [3.63, 3.8) is 0 Å². The van der Waals surface area contributed by atoms with Crippen molar-refractivity contribution >= 4 is 24.0 Å². The minimum absolute atomic E-state index is 0.0952. The van der Waals surface area contributed by atoms with Crippen LogP contribution >= 0.6 is 7.37 Å². The maximum atomic E-state index is 15.7. The van der Waals surface area contributed by atoms with Crippen LogP contribution in [0, 0.1) is 17.8 Å². The summed E-state index contributed by atoms with van der Waals surface area (Å²) in [6.45, 7) is 6.98. The Morgan fingerprint density at radius 2 is 1.67 bits per heavy atom. The SMILES string of the molecule is CC(C)[C@@H]1CC[C@H](C)C[C@H]1O[P@@](=O)(c1ccc(N(C)C)cc1)[C@H](Nc1ccccc1)c1ccc2c(c1)OCO2. The fourth-order valence-corrected chi connectivity index (χ4v) is 8.43. The number of hydrogen-bond acceptors (Lipinski definition) is 6. The molecule has 1 aliphatic carbocycles. The molecule has 0 aromatic heterocycles. The number of anilines is 2. The van der Waals surface area contributed by atoms with Gasteiger partial charge in [-0.3, -0.25) is 4.57 Å². The van der Waals surface area contributed by atoms with Gasteiger partial charge in [0.25, 0.3) is 7.37 Å². The molecule has 208 valence electrons. The van der Waals surface area contributed by atoms with Crippen LogP contribution in [0.25, 0.3) is 0 Å². The summed E-state index contributed by atoms with van der Waals surface area (Å²) in [5, 5.41) is 4.32. The van der Waals surface area contributed by atoms with Crippen molar-refractivity contribution in [3.05, 3.63) is 78.4 Å². The molecule has 2 aliphatic rings. The molecule has 1 fully saturated rings. The van der Waals surface area contributed by atoms with E-state index in [4.69, 9.17) is 14.0 Å². The molecule has 1 saturated carbocycles. The minimum Gasteiger partial charge on any atom is -0.454 e. The normalized spacial score (nSPS) is 22.8. The van der Waals surface area contributed by atoms with Crippen LogP contribution in [0.4, 0.5) is 11.4 Å². The quantitative estimate of drug-likeness (QED) is 0.277. The highest BCUT2D eigenvalue weighted by atomic mass is 31.2. The molecule has 3 aromatic rings. The predicted octanol–water partition coefficient (Wildman–Crippen LogP) is 7.67. The Bertz CT molecular complexity index is 1300. The zero-order chi connectivity index (χ0) is 27.6. The average molecular weight is 549 g/mol. The second-order valence-corrected chi connectivity index (χ2v) is 13.9. The van der Waals surface area contributed by atoms with E-state index in [0.29, 0.717) is 34.6 Å². The molecule has 6 nitrogen and oxygen atoms in total. The smallest absolute Gasteiger partial charge is 0.258 e. The van der Waals surface area contributed by atoms with Crippen molar-refractivity contribution < 1.29 is 18.6 Å². The number of nitrogens with one attached hydrogen (secondary N) is 1. The second kappa shape index (κ2) is 11.7. The molecule has 39 heavy (non-hydrogen) atoms. The molecule has 5 atom stereocenters. The van der Waals surface area contributed by atoms with Gasteiger partial charge in [0.05, 0.1) is 6.10 Å².